The molecular formula is C31H37FN4O5S. The van der Waals surface area contributed by atoms with Crippen LogP contribution in [0, 0.1) is 12.7 Å². The predicted molar refractivity (Wildman–Crippen MR) is 159 cm³/mol. The van der Waals surface area contributed by atoms with Crippen molar-refractivity contribution < 1.29 is 27.1 Å². The Morgan fingerprint density at radius 3 is 2.26 bits per heavy atom. The van der Waals surface area contributed by atoms with E-state index in [4.69, 9.17) is 4.74 Å². The molecular weight excluding hydrogens is 559 g/mol. The number of ether oxygens (including phenoxy) is 1. The number of piperidine rings is 1. The molecule has 42 heavy (non-hydrogen) atoms. The number of rotatable bonds is 11. The Hall–Kier alpha value is -3.80. The number of hydrogen-bond acceptors (Lipinski definition) is 5. The number of amides is 3. The number of nitrogens with one attached hydrogen (secondary N) is 1. The lowest BCUT2D eigenvalue weighted by atomic mass is 10.0. The van der Waals surface area contributed by atoms with Crippen molar-refractivity contribution in [2.45, 2.75) is 37.2 Å². The van der Waals surface area contributed by atoms with Crippen molar-refractivity contribution in [3.05, 3.63) is 95.8 Å². The number of sulfonamides is 1. The Morgan fingerprint density at radius 2 is 1.62 bits per heavy atom. The third-order valence-corrected chi connectivity index (χ3v) is 9.20. The number of carbonyl (C=O) groups is 2. The van der Waals surface area contributed by atoms with Crippen LogP contribution in [-0.4, -0.2) is 80.4 Å². The van der Waals surface area contributed by atoms with Gasteiger partial charge < -0.3 is 19.9 Å². The van der Waals surface area contributed by atoms with Crippen molar-refractivity contribution in [3.63, 3.8) is 0 Å². The minimum absolute atomic E-state index is 0.0203. The molecule has 11 heteroatoms. The summed E-state index contributed by atoms with van der Waals surface area (Å²) in [4.78, 5) is 30.2. The maximum absolute atomic E-state index is 14.0. The summed E-state index contributed by atoms with van der Waals surface area (Å²) in [5, 5.41) is 2.62. The predicted octanol–water partition coefficient (Wildman–Crippen LogP) is 4.50. The smallest absolute Gasteiger partial charge is 0.321 e. The van der Waals surface area contributed by atoms with E-state index in [1.807, 2.05) is 31.2 Å². The SMILES string of the molecule is COCCN(CC(=O)N(Cc1ccc(C)cc1)C1CCN(C(=O)Nc2ccccc2F)CC1)S(=O)(=O)c1ccccc1. The monoisotopic (exact) mass is 596 g/mol. The van der Waals surface area contributed by atoms with Gasteiger partial charge in [-0.25, -0.2) is 17.6 Å². The Bertz CT molecular complexity index is 1450. The number of hydrogen-bond donors (Lipinski definition) is 1. The zero-order chi connectivity index (χ0) is 30.1. The Balaban J connectivity index is 1.51. The Labute approximate surface area is 246 Å². The highest BCUT2D eigenvalue weighted by molar-refractivity contribution is 7.89. The third-order valence-electron chi connectivity index (χ3n) is 7.34. The van der Waals surface area contributed by atoms with Gasteiger partial charge in [0.05, 0.1) is 23.7 Å². The van der Waals surface area contributed by atoms with E-state index in [9.17, 15) is 22.4 Å². The van der Waals surface area contributed by atoms with Gasteiger partial charge in [0.2, 0.25) is 15.9 Å². The number of nitrogens with zero attached hydrogens (tertiary/aromatic N) is 3. The molecule has 0 spiro atoms. The minimum Gasteiger partial charge on any atom is -0.383 e. The summed E-state index contributed by atoms with van der Waals surface area (Å²) < 4.78 is 47.3. The lowest BCUT2D eigenvalue weighted by Crippen LogP contribution is -2.52. The number of benzene rings is 3. The van der Waals surface area contributed by atoms with Crippen LogP contribution in [0.5, 0.6) is 0 Å². The topological polar surface area (TPSA) is 99.3 Å². The largest absolute Gasteiger partial charge is 0.383 e. The molecule has 0 aliphatic carbocycles. The van der Waals surface area contributed by atoms with Crippen LogP contribution < -0.4 is 5.32 Å². The highest BCUT2D eigenvalue weighted by Crippen LogP contribution is 2.23. The summed E-state index contributed by atoms with van der Waals surface area (Å²) in [6, 6.07) is 21.2. The molecule has 224 valence electrons. The van der Waals surface area contributed by atoms with Crippen molar-refractivity contribution in [2.75, 3.05) is 45.2 Å². The average Bonchev–Trinajstić information content (AvgIpc) is 3.00. The normalized spacial score (nSPS) is 14.1. The zero-order valence-corrected chi connectivity index (χ0v) is 24.7. The maximum Gasteiger partial charge on any atom is 0.321 e. The molecule has 1 heterocycles. The van der Waals surface area contributed by atoms with Crippen molar-refractivity contribution in [1.29, 1.82) is 0 Å². The van der Waals surface area contributed by atoms with Gasteiger partial charge in [-0.1, -0.05) is 60.2 Å². The van der Waals surface area contributed by atoms with Crippen LogP contribution in [0.15, 0.2) is 83.8 Å². The van der Waals surface area contributed by atoms with Gasteiger partial charge in [-0.2, -0.15) is 4.31 Å². The van der Waals surface area contributed by atoms with Crippen LogP contribution in [0.25, 0.3) is 0 Å². The van der Waals surface area contributed by atoms with Gasteiger partial charge in [0, 0.05) is 39.3 Å². The fourth-order valence-electron chi connectivity index (χ4n) is 4.91. The van der Waals surface area contributed by atoms with Crippen LogP contribution in [0.2, 0.25) is 0 Å². The van der Waals surface area contributed by atoms with Crippen LogP contribution in [0.3, 0.4) is 0 Å². The van der Waals surface area contributed by atoms with Crippen LogP contribution in [0.1, 0.15) is 24.0 Å². The average molecular weight is 597 g/mol. The van der Waals surface area contributed by atoms with E-state index in [2.05, 4.69) is 5.32 Å². The van der Waals surface area contributed by atoms with E-state index >= 15 is 0 Å². The fourth-order valence-corrected chi connectivity index (χ4v) is 6.30. The van der Waals surface area contributed by atoms with Crippen molar-refractivity contribution in [2.24, 2.45) is 0 Å². The number of aryl methyl sites for hydroxylation is 1. The first-order chi connectivity index (χ1) is 20.2. The molecule has 0 unspecified atom stereocenters. The molecule has 0 bridgehead atoms. The summed E-state index contributed by atoms with van der Waals surface area (Å²) in [6.07, 6.45) is 0.984. The van der Waals surface area contributed by atoms with Gasteiger partial charge in [-0.05, 0) is 49.6 Å². The van der Waals surface area contributed by atoms with Gasteiger partial charge in [-0.3, -0.25) is 4.79 Å². The van der Waals surface area contributed by atoms with Gasteiger partial charge in [-0.15, -0.1) is 0 Å². The molecule has 1 aliphatic rings. The lowest BCUT2D eigenvalue weighted by Gasteiger charge is -2.39. The lowest BCUT2D eigenvalue weighted by molar-refractivity contribution is -0.135. The van der Waals surface area contributed by atoms with E-state index < -0.39 is 21.9 Å². The second-order valence-corrected chi connectivity index (χ2v) is 12.2. The summed E-state index contributed by atoms with van der Waals surface area (Å²) in [5.74, 6) is -0.848. The molecule has 1 saturated heterocycles. The van der Waals surface area contributed by atoms with Crippen LogP contribution >= 0.6 is 0 Å². The summed E-state index contributed by atoms with van der Waals surface area (Å²) in [5.41, 5.74) is 2.12. The quantitative estimate of drug-likeness (QED) is 0.352. The zero-order valence-electron chi connectivity index (χ0n) is 23.9. The van der Waals surface area contributed by atoms with E-state index in [1.54, 1.807) is 40.1 Å². The molecule has 3 aromatic carbocycles. The molecule has 3 aromatic rings. The molecule has 1 N–H and O–H groups in total. The highest BCUT2D eigenvalue weighted by Gasteiger charge is 2.33. The van der Waals surface area contributed by atoms with Crippen molar-refractivity contribution in [1.82, 2.24) is 14.1 Å². The number of anilines is 1. The fraction of sp³-hybridized carbons (Fsp3) is 0.355. The van der Waals surface area contributed by atoms with E-state index in [0.29, 0.717) is 32.5 Å². The summed E-state index contributed by atoms with van der Waals surface area (Å²) >= 11 is 0. The number of likely N-dealkylation sites (tertiary alicyclic amines) is 1. The maximum atomic E-state index is 14.0. The first kappa shape index (κ1) is 31.1. The van der Waals surface area contributed by atoms with E-state index in [1.165, 1.54) is 31.4 Å². The first-order valence-corrected chi connectivity index (χ1v) is 15.3. The number of methoxy groups -OCH3 is 1. The van der Waals surface area contributed by atoms with Crippen molar-refractivity contribution >= 4 is 27.6 Å². The van der Waals surface area contributed by atoms with E-state index in [-0.39, 0.29) is 42.2 Å². The Morgan fingerprint density at radius 1 is 0.976 bits per heavy atom. The molecule has 1 aliphatic heterocycles. The second-order valence-electron chi connectivity index (χ2n) is 10.3. The highest BCUT2D eigenvalue weighted by atomic mass is 32.2. The second kappa shape index (κ2) is 14.4. The van der Waals surface area contributed by atoms with Gasteiger partial charge in [0.25, 0.3) is 0 Å². The standard InChI is InChI=1S/C31H37FN4O5S/c1-24-12-14-25(15-13-24)22-36(26-16-18-34(19-17-26)31(38)33-29-11-7-6-10-28(29)32)30(37)23-35(20-21-41-2)42(39,40)27-8-4-3-5-9-27/h3-15,26H,16-23H2,1-2H3,(H,33,38). The molecule has 0 aromatic heterocycles. The molecule has 9 nitrogen and oxygen atoms in total. The molecule has 0 saturated carbocycles. The third kappa shape index (κ3) is 7.93. The number of halogens is 1. The van der Waals surface area contributed by atoms with Crippen LogP contribution in [-0.2, 0) is 26.1 Å². The van der Waals surface area contributed by atoms with Crippen molar-refractivity contribution in [3.8, 4) is 0 Å². The molecule has 1 fully saturated rings. The first-order valence-electron chi connectivity index (χ1n) is 13.9. The minimum atomic E-state index is -3.95. The van der Waals surface area contributed by atoms with Gasteiger partial charge in [0.15, 0.2) is 0 Å². The molecule has 4 rings (SSSR count). The van der Waals surface area contributed by atoms with Crippen LogP contribution in [0.4, 0.5) is 14.9 Å². The van der Waals surface area contributed by atoms with Gasteiger partial charge in [0.1, 0.15) is 5.82 Å². The Kier molecular flexibility index (Phi) is 10.7. The molecule has 0 atom stereocenters. The summed E-state index contributed by atoms with van der Waals surface area (Å²) in [7, 11) is -2.47. The number of para-hydroxylation sites is 1. The number of carbonyl (C=O) groups excluding carboxylic acids is 2. The summed E-state index contributed by atoms with van der Waals surface area (Å²) in [6.45, 7) is 2.81. The van der Waals surface area contributed by atoms with Gasteiger partial charge >= 0.3 is 6.03 Å². The molecule has 0 radical (unpaired) electrons. The van der Waals surface area contributed by atoms with E-state index in [0.717, 1.165) is 15.4 Å². The molecule has 3 amide bonds. The number of urea groups is 1.